The minimum absolute atomic E-state index is 0.132. The second kappa shape index (κ2) is 6.10. The molecule has 1 aliphatic heterocycles. The molecule has 1 saturated heterocycles. The number of benzene rings is 1. The monoisotopic (exact) mass is 299 g/mol. The van der Waals surface area contributed by atoms with Crippen molar-refractivity contribution in [2.75, 3.05) is 13.1 Å². The molecule has 0 amide bonds. The van der Waals surface area contributed by atoms with Crippen LogP contribution in [0.2, 0.25) is 5.02 Å². The predicted molar refractivity (Wildman–Crippen MR) is 76.3 cm³/mol. The summed E-state index contributed by atoms with van der Waals surface area (Å²) < 4.78 is 13.1. The lowest BCUT2D eigenvalue weighted by atomic mass is 9.76. The number of hydrogen-bond donors (Lipinski definition) is 1. The maximum absolute atomic E-state index is 13.1. The first-order valence-corrected chi connectivity index (χ1v) is 7.24. The highest BCUT2D eigenvalue weighted by atomic mass is 35.5. The highest BCUT2D eigenvalue weighted by Crippen LogP contribution is 2.35. The maximum atomic E-state index is 13.1. The number of halogens is 2. The number of hydrogen-bond acceptors (Lipinski definition) is 2. The molecule has 1 aliphatic rings. The first kappa shape index (κ1) is 15.3. The molecule has 0 saturated carbocycles. The van der Waals surface area contributed by atoms with Crippen molar-refractivity contribution in [1.29, 1.82) is 0 Å². The van der Waals surface area contributed by atoms with Crippen molar-refractivity contribution in [3.05, 3.63) is 34.6 Å². The summed E-state index contributed by atoms with van der Waals surface area (Å²) in [6, 6.07) is 4.73. The van der Waals surface area contributed by atoms with E-state index in [4.69, 9.17) is 11.6 Å². The molecule has 0 unspecified atom stereocenters. The zero-order valence-corrected chi connectivity index (χ0v) is 12.3. The van der Waals surface area contributed by atoms with Crippen LogP contribution in [0.3, 0.4) is 0 Å². The summed E-state index contributed by atoms with van der Waals surface area (Å²) in [5.74, 6) is -1.10. The van der Waals surface area contributed by atoms with Crippen molar-refractivity contribution in [3.63, 3.8) is 0 Å². The van der Waals surface area contributed by atoms with E-state index in [-0.39, 0.29) is 5.02 Å². The Balaban J connectivity index is 1.97. The smallest absolute Gasteiger partial charge is 0.309 e. The summed E-state index contributed by atoms with van der Waals surface area (Å²) in [7, 11) is 0. The molecule has 1 aromatic carbocycles. The van der Waals surface area contributed by atoms with Gasteiger partial charge in [0, 0.05) is 6.54 Å². The third-order valence-corrected chi connectivity index (χ3v) is 4.62. The molecule has 110 valence electrons. The third kappa shape index (κ3) is 3.13. The minimum Gasteiger partial charge on any atom is -0.481 e. The average Bonchev–Trinajstić information content (AvgIpc) is 2.44. The quantitative estimate of drug-likeness (QED) is 0.924. The van der Waals surface area contributed by atoms with E-state index in [1.54, 1.807) is 12.1 Å². The van der Waals surface area contributed by atoms with Crippen LogP contribution >= 0.6 is 11.6 Å². The second-order valence-corrected chi connectivity index (χ2v) is 5.87. The number of likely N-dealkylation sites (tertiary alicyclic amines) is 1. The van der Waals surface area contributed by atoms with Gasteiger partial charge in [0.2, 0.25) is 0 Å². The van der Waals surface area contributed by atoms with Crippen molar-refractivity contribution in [3.8, 4) is 0 Å². The lowest BCUT2D eigenvalue weighted by Gasteiger charge is -2.38. The highest BCUT2D eigenvalue weighted by molar-refractivity contribution is 6.30. The lowest BCUT2D eigenvalue weighted by Crippen LogP contribution is -2.43. The fourth-order valence-corrected chi connectivity index (χ4v) is 2.96. The molecule has 3 nitrogen and oxygen atoms in total. The number of rotatable bonds is 4. The summed E-state index contributed by atoms with van der Waals surface area (Å²) in [6.45, 7) is 4.10. The highest BCUT2D eigenvalue weighted by Gasteiger charge is 2.39. The van der Waals surface area contributed by atoms with Crippen LogP contribution in [-0.4, -0.2) is 29.1 Å². The van der Waals surface area contributed by atoms with Crippen LogP contribution in [-0.2, 0) is 11.3 Å². The zero-order valence-electron chi connectivity index (χ0n) is 11.5. The summed E-state index contributed by atoms with van der Waals surface area (Å²) in [5.41, 5.74) is 0.382. The van der Waals surface area contributed by atoms with Gasteiger partial charge in [-0.1, -0.05) is 24.6 Å². The fourth-order valence-electron chi connectivity index (χ4n) is 2.75. The molecule has 0 bridgehead atoms. The zero-order chi connectivity index (χ0) is 14.8. The molecule has 5 heteroatoms. The number of aliphatic carboxylic acids is 1. The van der Waals surface area contributed by atoms with Gasteiger partial charge in [0.05, 0.1) is 10.4 Å². The van der Waals surface area contributed by atoms with Crippen LogP contribution in [0.4, 0.5) is 4.39 Å². The Kier molecular flexibility index (Phi) is 4.66. The first-order valence-electron chi connectivity index (χ1n) is 6.86. The fraction of sp³-hybridized carbons (Fsp3) is 0.533. The van der Waals surface area contributed by atoms with Crippen molar-refractivity contribution in [1.82, 2.24) is 4.90 Å². The molecule has 0 aliphatic carbocycles. The van der Waals surface area contributed by atoms with Crippen molar-refractivity contribution in [2.24, 2.45) is 5.41 Å². The molecule has 1 fully saturated rings. The predicted octanol–water partition coefficient (Wildman–Crippen LogP) is 3.56. The molecule has 0 radical (unpaired) electrons. The molecule has 1 N–H and O–H groups in total. The Hall–Kier alpha value is -1.13. The first-order chi connectivity index (χ1) is 9.47. The van der Waals surface area contributed by atoms with E-state index in [0.29, 0.717) is 25.8 Å². The van der Waals surface area contributed by atoms with Gasteiger partial charge in [-0.3, -0.25) is 9.69 Å². The molecule has 1 aromatic rings. The van der Waals surface area contributed by atoms with Gasteiger partial charge < -0.3 is 5.11 Å². The van der Waals surface area contributed by atoms with E-state index in [1.165, 1.54) is 6.07 Å². The Morgan fingerprint density at radius 3 is 2.60 bits per heavy atom. The van der Waals surface area contributed by atoms with Crippen molar-refractivity contribution >= 4 is 17.6 Å². The number of nitrogens with zero attached hydrogens (tertiary/aromatic N) is 1. The van der Waals surface area contributed by atoms with Crippen LogP contribution in [0.15, 0.2) is 18.2 Å². The largest absolute Gasteiger partial charge is 0.481 e. The van der Waals surface area contributed by atoms with Gasteiger partial charge in [0.1, 0.15) is 5.82 Å². The molecule has 0 atom stereocenters. The van der Waals surface area contributed by atoms with Gasteiger partial charge in [-0.25, -0.2) is 4.39 Å². The van der Waals surface area contributed by atoms with Crippen LogP contribution in [0, 0.1) is 11.2 Å². The third-order valence-electron chi connectivity index (χ3n) is 4.33. The topological polar surface area (TPSA) is 40.5 Å². The molecule has 0 aromatic heterocycles. The normalized spacial score (nSPS) is 18.9. The molecule has 2 rings (SSSR count). The Bertz CT molecular complexity index is 499. The van der Waals surface area contributed by atoms with E-state index in [2.05, 4.69) is 4.90 Å². The van der Waals surface area contributed by atoms with Crippen LogP contribution in [0.25, 0.3) is 0 Å². The van der Waals surface area contributed by atoms with Crippen LogP contribution in [0.5, 0.6) is 0 Å². The standard InChI is InChI=1S/C15H19ClFNO2/c1-2-15(14(19)20)5-7-18(8-6-15)10-11-3-4-13(17)12(16)9-11/h3-4,9H,2,5-8,10H2,1H3,(H,19,20). The number of piperidine rings is 1. The van der Waals surface area contributed by atoms with Gasteiger partial charge >= 0.3 is 5.97 Å². The minimum atomic E-state index is -0.690. The van der Waals surface area contributed by atoms with E-state index in [0.717, 1.165) is 18.7 Å². The Morgan fingerprint density at radius 1 is 1.45 bits per heavy atom. The number of carbonyl (C=O) groups is 1. The average molecular weight is 300 g/mol. The summed E-state index contributed by atoms with van der Waals surface area (Å²) >= 11 is 5.77. The number of carboxylic acids is 1. The Labute approximate surface area is 123 Å². The van der Waals surface area contributed by atoms with Gasteiger partial charge in [-0.15, -0.1) is 0 Å². The van der Waals surface area contributed by atoms with E-state index < -0.39 is 17.2 Å². The van der Waals surface area contributed by atoms with Gasteiger partial charge in [0.25, 0.3) is 0 Å². The molecule has 20 heavy (non-hydrogen) atoms. The molecular formula is C15H19ClFNO2. The van der Waals surface area contributed by atoms with E-state index >= 15 is 0 Å². The number of carboxylic acid groups (broad SMARTS) is 1. The van der Waals surface area contributed by atoms with Gasteiger partial charge in [-0.05, 0) is 50.0 Å². The summed E-state index contributed by atoms with van der Waals surface area (Å²) in [6.07, 6.45) is 1.99. The van der Waals surface area contributed by atoms with Crippen molar-refractivity contribution in [2.45, 2.75) is 32.7 Å². The van der Waals surface area contributed by atoms with Gasteiger partial charge in [0.15, 0.2) is 0 Å². The van der Waals surface area contributed by atoms with Crippen LogP contribution in [0.1, 0.15) is 31.7 Å². The lowest BCUT2D eigenvalue weighted by molar-refractivity contribution is -0.152. The van der Waals surface area contributed by atoms with Gasteiger partial charge in [-0.2, -0.15) is 0 Å². The van der Waals surface area contributed by atoms with Crippen LogP contribution < -0.4 is 0 Å². The van der Waals surface area contributed by atoms with Crippen molar-refractivity contribution < 1.29 is 14.3 Å². The molecule has 1 heterocycles. The SMILES string of the molecule is CCC1(C(=O)O)CCN(Cc2ccc(F)c(Cl)c2)CC1. The second-order valence-electron chi connectivity index (χ2n) is 5.46. The molecular weight excluding hydrogens is 281 g/mol. The van der Waals surface area contributed by atoms with E-state index in [1.807, 2.05) is 6.92 Å². The van der Waals surface area contributed by atoms with E-state index in [9.17, 15) is 14.3 Å². The summed E-state index contributed by atoms with van der Waals surface area (Å²) in [5, 5.41) is 9.49. The Morgan fingerprint density at radius 2 is 2.10 bits per heavy atom. The summed E-state index contributed by atoms with van der Waals surface area (Å²) in [4.78, 5) is 13.6. The molecule has 0 spiro atoms. The maximum Gasteiger partial charge on any atom is 0.309 e.